The van der Waals surface area contributed by atoms with Crippen LogP contribution in [0.3, 0.4) is 0 Å². The largest absolute Gasteiger partial charge is 0.314 e. The van der Waals surface area contributed by atoms with E-state index in [1.165, 1.54) is 69.9 Å². The summed E-state index contributed by atoms with van der Waals surface area (Å²) in [5.41, 5.74) is 1.52. The van der Waals surface area contributed by atoms with Gasteiger partial charge in [-0.15, -0.1) is 0 Å². The van der Waals surface area contributed by atoms with Crippen LogP contribution >= 0.6 is 11.3 Å². The third kappa shape index (κ3) is 5.66. The molecule has 108 valence electrons. The molecular formula is C17H29NS. The zero-order chi connectivity index (χ0) is 13.3. The summed E-state index contributed by atoms with van der Waals surface area (Å²) in [6.07, 6.45) is 12.6. The van der Waals surface area contributed by atoms with Crippen LogP contribution in [0.2, 0.25) is 0 Å². The van der Waals surface area contributed by atoms with Gasteiger partial charge in [-0.1, -0.05) is 45.4 Å². The molecule has 0 radical (unpaired) electrons. The molecule has 0 aromatic carbocycles. The Hall–Kier alpha value is -0.340. The smallest absolute Gasteiger partial charge is 0.0110 e. The van der Waals surface area contributed by atoms with Gasteiger partial charge in [0.15, 0.2) is 0 Å². The van der Waals surface area contributed by atoms with Crippen molar-refractivity contribution in [3.05, 3.63) is 22.4 Å². The van der Waals surface area contributed by atoms with Crippen LogP contribution in [0.15, 0.2) is 16.8 Å². The van der Waals surface area contributed by atoms with Crippen molar-refractivity contribution in [3.8, 4) is 0 Å². The van der Waals surface area contributed by atoms with E-state index in [0.717, 1.165) is 5.92 Å². The Labute approximate surface area is 122 Å². The van der Waals surface area contributed by atoms with Gasteiger partial charge in [-0.2, -0.15) is 11.3 Å². The second kappa shape index (κ2) is 8.76. The van der Waals surface area contributed by atoms with Crippen LogP contribution in [0.1, 0.15) is 63.9 Å². The van der Waals surface area contributed by atoms with Gasteiger partial charge in [0.1, 0.15) is 0 Å². The first-order valence-corrected chi connectivity index (χ1v) is 9.07. The Kier molecular flexibility index (Phi) is 6.94. The summed E-state index contributed by atoms with van der Waals surface area (Å²) >= 11 is 1.83. The highest BCUT2D eigenvalue weighted by Gasteiger charge is 2.18. The van der Waals surface area contributed by atoms with E-state index in [-0.39, 0.29) is 0 Å². The van der Waals surface area contributed by atoms with Crippen LogP contribution in [0.4, 0.5) is 0 Å². The van der Waals surface area contributed by atoms with E-state index < -0.39 is 0 Å². The van der Waals surface area contributed by atoms with E-state index >= 15 is 0 Å². The predicted octanol–water partition coefficient (Wildman–Crippen LogP) is 5.02. The number of hydrogen-bond acceptors (Lipinski definition) is 2. The summed E-state index contributed by atoms with van der Waals surface area (Å²) in [6, 6.07) is 2.98. The van der Waals surface area contributed by atoms with Crippen molar-refractivity contribution >= 4 is 11.3 Å². The molecule has 1 aromatic rings. The number of nitrogens with one attached hydrogen (secondary N) is 1. The molecule has 0 amide bonds. The van der Waals surface area contributed by atoms with Crippen molar-refractivity contribution in [1.29, 1.82) is 0 Å². The number of rotatable bonds is 7. The van der Waals surface area contributed by atoms with Crippen LogP contribution in [0.25, 0.3) is 0 Å². The first kappa shape index (κ1) is 15.1. The van der Waals surface area contributed by atoms with Crippen LogP contribution < -0.4 is 5.32 Å². The molecule has 0 aliphatic heterocycles. The van der Waals surface area contributed by atoms with Crippen molar-refractivity contribution in [2.75, 3.05) is 6.54 Å². The molecule has 1 nitrogen and oxygen atoms in total. The molecule has 2 heteroatoms. The Morgan fingerprint density at radius 2 is 2.05 bits per heavy atom. The monoisotopic (exact) mass is 279 g/mol. The lowest BCUT2D eigenvalue weighted by atomic mass is 9.90. The van der Waals surface area contributed by atoms with E-state index in [1.807, 2.05) is 11.3 Å². The van der Waals surface area contributed by atoms with Gasteiger partial charge in [0.05, 0.1) is 0 Å². The van der Waals surface area contributed by atoms with Crippen molar-refractivity contribution in [2.45, 2.75) is 70.8 Å². The molecule has 1 atom stereocenters. The molecule has 1 saturated carbocycles. The molecule has 1 N–H and O–H groups in total. The Morgan fingerprint density at radius 3 is 2.68 bits per heavy atom. The summed E-state index contributed by atoms with van der Waals surface area (Å²) in [4.78, 5) is 0. The summed E-state index contributed by atoms with van der Waals surface area (Å²) in [7, 11) is 0. The van der Waals surface area contributed by atoms with Crippen LogP contribution in [0, 0.1) is 5.92 Å². The second-order valence-corrected chi connectivity index (χ2v) is 6.86. The quantitative estimate of drug-likeness (QED) is 0.691. The highest BCUT2D eigenvalue weighted by atomic mass is 32.1. The summed E-state index contributed by atoms with van der Waals surface area (Å²) in [6.45, 7) is 3.43. The minimum absolute atomic E-state index is 0.692. The topological polar surface area (TPSA) is 12.0 Å². The molecule has 0 spiro atoms. The van der Waals surface area contributed by atoms with Crippen molar-refractivity contribution < 1.29 is 0 Å². The van der Waals surface area contributed by atoms with Crippen LogP contribution in [-0.2, 0) is 6.42 Å². The normalized spacial score (nSPS) is 19.2. The van der Waals surface area contributed by atoms with Crippen LogP contribution in [-0.4, -0.2) is 12.6 Å². The lowest BCUT2D eigenvalue weighted by Crippen LogP contribution is -2.33. The molecule has 1 aliphatic carbocycles. The van der Waals surface area contributed by atoms with Crippen molar-refractivity contribution in [2.24, 2.45) is 5.92 Å². The minimum atomic E-state index is 0.692. The Bertz CT molecular complexity index is 312. The average Bonchev–Trinajstić information content (AvgIpc) is 2.79. The highest BCUT2D eigenvalue weighted by Crippen LogP contribution is 2.27. The summed E-state index contributed by atoms with van der Waals surface area (Å²) in [5, 5.41) is 8.30. The fraction of sp³-hybridized carbons (Fsp3) is 0.765. The van der Waals surface area contributed by atoms with Crippen molar-refractivity contribution in [3.63, 3.8) is 0 Å². The van der Waals surface area contributed by atoms with E-state index in [4.69, 9.17) is 0 Å². The van der Waals surface area contributed by atoms with E-state index in [2.05, 4.69) is 29.1 Å². The van der Waals surface area contributed by atoms with E-state index in [0.29, 0.717) is 6.04 Å². The average molecular weight is 279 g/mol. The molecule has 1 aromatic heterocycles. The highest BCUT2D eigenvalue weighted by molar-refractivity contribution is 7.07. The summed E-state index contributed by atoms with van der Waals surface area (Å²) < 4.78 is 0. The lowest BCUT2D eigenvalue weighted by Gasteiger charge is -2.23. The molecule has 1 fully saturated rings. The SMILES string of the molecule is CCCNC(Cc1ccsc1)CC1CCCCCC1. The summed E-state index contributed by atoms with van der Waals surface area (Å²) in [5.74, 6) is 0.968. The van der Waals surface area contributed by atoms with Gasteiger partial charge < -0.3 is 5.32 Å². The van der Waals surface area contributed by atoms with Gasteiger partial charge in [0, 0.05) is 6.04 Å². The third-order valence-electron chi connectivity index (χ3n) is 4.34. The maximum absolute atomic E-state index is 3.78. The molecule has 1 aliphatic rings. The van der Waals surface area contributed by atoms with Gasteiger partial charge in [-0.05, 0) is 54.1 Å². The molecule has 1 heterocycles. The van der Waals surface area contributed by atoms with Gasteiger partial charge in [-0.3, -0.25) is 0 Å². The molecule has 0 bridgehead atoms. The molecular weight excluding hydrogens is 250 g/mol. The Balaban J connectivity index is 1.84. The number of hydrogen-bond donors (Lipinski definition) is 1. The molecule has 1 unspecified atom stereocenters. The first-order valence-electron chi connectivity index (χ1n) is 8.13. The minimum Gasteiger partial charge on any atom is -0.314 e. The maximum Gasteiger partial charge on any atom is 0.0110 e. The maximum atomic E-state index is 3.78. The zero-order valence-electron chi connectivity index (χ0n) is 12.4. The van der Waals surface area contributed by atoms with E-state index in [9.17, 15) is 0 Å². The number of thiophene rings is 1. The Morgan fingerprint density at radius 1 is 1.26 bits per heavy atom. The molecule has 2 rings (SSSR count). The third-order valence-corrected chi connectivity index (χ3v) is 5.07. The van der Waals surface area contributed by atoms with Gasteiger partial charge in [-0.25, -0.2) is 0 Å². The fourth-order valence-electron chi connectivity index (χ4n) is 3.28. The van der Waals surface area contributed by atoms with Gasteiger partial charge >= 0.3 is 0 Å². The second-order valence-electron chi connectivity index (χ2n) is 6.08. The van der Waals surface area contributed by atoms with E-state index in [1.54, 1.807) is 0 Å². The fourth-order valence-corrected chi connectivity index (χ4v) is 3.96. The standard InChI is InChI=1S/C17H29NS/c1-2-10-18-17(13-16-9-11-19-14-16)12-15-7-5-3-4-6-8-15/h9,11,14-15,17-18H,2-8,10,12-13H2,1H3. The van der Waals surface area contributed by atoms with Crippen LogP contribution in [0.5, 0.6) is 0 Å². The van der Waals surface area contributed by atoms with Gasteiger partial charge in [0.2, 0.25) is 0 Å². The first-order chi connectivity index (χ1) is 9.38. The predicted molar refractivity (Wildman–Crippen MR) is 85.9 cm³/mol. The lowest BCUT2D eigenvalue weighted by molar-refractivity contribution is 0.349. The zero-order valence-corrected chi connectivity index (χ0v) is 13.2. The molecule has 0 saturated heterocycles. The van der Waals surface area contributed by atoms with Gasteiger partial charge in [0.25, 0.3) is 0 Å². The van der Waals surface area contributed by atoms with Crippen molar-refractivity contribution in [1.82, 2.24) is 5.32 Å². The molecule has 19 heavy (non-hydrogen) atoms.